The first-order valence-corrected chi connectivity index (χ1v) is 9.44. The van der Waals surface area contributed by atoms with E-state index >= 15 is 0 Å². The quantitative estimate of drug-likeness (QED) is 0.724. The highest BCUT2D eigenvalue weighted by atomic mass is 16.3. The molecule has 6 heteroatoms. The van der Waals surface area contributed by atoms with Gasteiger partial charge in [0, 0.05) is 38.3 Å². The molecule has 3 N–H and O–H groups in total. The molecule has 6 nitrogen and oxygen atoms in total. The minimum atomic E-state index is -0.721. The predicted octanol–water partition coefficient (Wildman–Crippen LogP) is 2.20. The van der Waals surface area contributed by atoms with Crippen LogP contribution >= 0.6 is 0 Å². The van der Waals surface area contributed by atoms with Crippen molar-refractivity contribution in [1.29, 1.82) is 0 Å². The highest BCUT2D eigenvalue weighted by Crippen LogP contribution is 2.15. The van der Waals surface area contributed by atoms with Crippen molar-refractivity contribution < 1.29 is 15.0 Å². The minimum absolute atomic E-state index is 0.0158. The molecule has 2 rings (SSSR count). The summed E-state index contributed by atoms with van der Waals surface area (Å²) in [7, 11) is 0. The number of phenols is 1. The van der Waals surface area contributed by atoms with Gasteiger partial charge in [0.2, 0.25) is 0 Å². The van der Waals surface area contributed by atoms with Gasteiger partial charge in [-0.1, -0.05) is 12.1 Å². The van der Waals surface area contributed by atoms with Crippen molar-refractivity contribution in [1.82, 2.24) is 15.1 Å². The van der Waals surface area contributed by atoms with Crippen LogP contribution in [0.3, 0.4) is 0 Å². The third kappa shape index (κ3) is 6.50. The Morgan fingerprint density at radius 2 is 1.96 bits per heavy atom. The second kappa shape index (κ2) is 8.73. The van der Waals surface area contributed by atoms with E-state index in [0.717, 1.165) is 24.9 Å². The van der Waals surface area contributed by atoms with E-state index in [0.29, 0.717) is 19.6 Å². The van der Waals surface area contributed by atoms with E-state index in [-0.39, 0.29) is 23.9 Å². The van der Waals surface area contributed by atoms with Crippen LogP contribution in [0.1, 0.15) is 39.7 Å². The van der Waals surface area contributed by atoms with Gasteiger partial charge in [-0.05, 0) is 58.2 Å². The number of rotatable bonds is 6. The predicted molar refractivity (Wildman–Crippen MR) is 103 cm³/mol. The van der Waals surface area contributed by atoms with Crippen molar-refractivity contribution in [2.24, 2.45) is 0 Å². The van der Waals surface area contributed by atoms with Gasteiger partial charge in [-0.15, -0.1) is 0 Å². The molecule has 2 unspecified atom stereocenters. The first kappa shape index (κ1) is 20.5. The lowest BCUT2D eigenvalue weighted by Gasteiger charge is -2.42. The number of urea groups is 1. The van der Waals surface area contributed by atoms with Crippen LogP contribution in [0.15, 0.2) is 24.3 Å². The van der Waals surface area contributed by atoms with Gasteiger partial charge in [-0.25, -0.2) is 4.79 Å². The molecule has 0 radical (unpaired) electrons. The van der Waals surface area contributed by atoms with E-state index in [1.807, 2.05) is 37.8 Å². The Balaban J connectivity index is 1.76. The number of nitrogens with one attached hydrogen (secondary N) is 1. The normalized spacial score (nSPS) is 20.0. The lowest BCUT2D eigenvalue weighted by atomic mass is 10.1. The number of β-amino-alcohol motifs (C(OH)–C–C–N with tert-alkyl or cyclic N) is 1. The summed E-state index contributed by atoms with van der Waals surface area (Å²) < 4.78 is 0. The Bertz CT molecular complexity index is 583. The zero-order valence-corrected chi connectivity index (χ0v) is 16.4. The van der Waals surface area contributed by atoms with Crippen LogP contribution in [0.25, 0.3) is 0 Å². The Hall–Kier alpha value is -1.79. The van der Waals surface area contributed by atoms with Gasteiger partial charge in [0.25, 0.3) is 0 Å². The molecule has 1 fully saturated rings. The zero-order chi connectivity index (χ0) is 19.3. The van der Waals surface area contributed by atoms with Crippen molar-refractivity contribution in [2.45, 2.75) is 58.2 Å². The van der Waals surface area contributed by atoms with E-state index in [2.05, 4.69) is 17.1 Å². The first-order chi connectivity index (χ1) is 12.1. The third-order valence-corrected chi connectivity index (χ3v) is 4.81. The lowest BCUT2D eigenvalue weighted by Crippen LogP contribution is -2.58. The molecule has 2 amide bonds. The molecule has 1 aromatic rings. The molecule has 1 aromatic carbocycles. The van der Waals surface area contributed by atoms with Crippen LogP contribution in [-0.4, -0.2) is 69.9 Å². The number of aromatic hydroxyl groups is 1. The maximum atomic E-state index is 12.5. The summed E-state index contributed by atoms with van der Waals surface area (Å²) in [6.07, 6.45) is 1.71. The van der Waals surface area contributed by atoms with Gasteiger partial charge in [-0.3, -0.25) is 4.90 Å². The molecular formula is C20H33N3O3. The summed E-state index contributed by atoms with van der Waals surface area (Å²) in [5.74, 6) is 0.271. The Morgan fingerprint density at radius 3 is 2.54 bits per heavy atom. The molecule has 26 heavy (non-hydrogen) atoms. The van der Waals surface area contributed by atoms with Gasteiger partial charge in [-0.2, -0.15) is 0 Å². The molecule has 0 aromatic heterocycles. The number of benzene rings is 1. The molecule has 1 heterocycles. The van der Waals surface area contributed by atoms with Gasteiger partial charge in [0.05, 0.1) is 5.60 Å². The number of piperazine rings is 1. The van der Waals surface area contributed by atoms with E-state index < -0.39 is 5.60 Å². The second-order valence-electron chi connectivity index (χ2n) is 8.13. The van der Waals surface area contributed by atoms with Crippen molar-refractivity contribution in [3.05, 3.63) is 29.8 Å². The Kier molecular flexibility index (Phi) is 6.89. The van der Waals surface area contributed by atoms with E-state index in [1.54, 1.807) is 12.1 Å². The number of carbonyl (C=O) groups excluding carboxylic acids is 1. The molecule has 0 bridgehead atoms. The Morgan fingerprint density at radius 1 is 1.31 bits per heavy atom. The summed E-state index contributed by atoms with van der Waals surface area (Å²) in [5.41, 5.74) is 0.430. The standard InChI is InChI=1S/C20H33N3O3/c1-15(5-6-17-7-9-18(24)10-8-17)21-19(25)22-11-12-23(16(2)13-22)14-20(3,4)26/h7-10,15-16,24,26H,5-6,11-14H2,1-4H3,(H,21,25). The third-order valence-electron chi connectivity index (χ3n) is 4.81. The number of aryl methyl sites for hydroxylation is 1. The van der Waals surface area contributed by atoms with Gasteiger partial charge in [0.15, 0.2) is 0 Å². The lowest BCUT2D eigenvalue weighted by molar-refractivity contribution is 0.00279. The smallest absolute Gasteiger partial charge is 0.317 e. The van der Waals surface area contributed by atoms with Crippen molar-refractivity contribution >= 4 is 6.03 Å². The highest BCUT2D eigenvalue weighted by molar-refractivity contribution is 5.74. The van der Waals surface area contributed by atoms with Gasteiger partial charge >= 0.3 is 6.03 Å². The molecule has 1 aliphatic rings. The average molecular weight is 364 g/mol. The molecular weight excluding hydrogens is 330 g/mol. The van der Waals surface area contributed by atoms with Crippen molar-refractivity contribution in [2.75, 3.05) is 26.2 Å². The monoisotopic (exact) mass is 363 g/mol. The molecule has 146 valence electrons. The minimum Gasteiger partial charge on any atom is -0.508 e. The SMILES string of the molecule is CC(CCc1ccc(O)cc1)NC(=O)N1CCN(CC(C)(C)O)C(C)C1. The topological polar surface area (TPSA) is 76.0 Å². The van der Waals surface area contributed by atoms with Crippen molar-refractivity contribution in [3.8, 4) is 5.75 Å². The average Bonchev–Trinajstić information content (AvgIpc) is 2.55. The summed E-state index contributed by atoms with van der Waals surface area (Å²) >= 11 is 0. The van der Waals surface area contributed by atoms with Crippen LogP contribution in [-0.2, 0) is 6.42 Å². The van der Waals surface area contributed by atoms with Gasteiger partial charge in [0.1, 0.15) is 5.75 Å². The van der Waals surface area contributed by atoms with Crippen LogP contribution in [0.2, 0.25) is 0 Å². The maximum Gasteiger partial charge on any atom is 0.317 e. The first-order valence-electron chi connectivity index (χ1n) is 9.44. The number of aliphatic hydroxyl groups is 1. The van der Waals surface area contributed by atoms with Crippen LogP contribution in [0, 0.1) is 0 Å². The molecule has 0 aliphatic carbocycles. The van der Waals surface area contributed by atoms with Crippen LogP contribution in [0.4, 0.5) is 4.79 Å². The second-order valence-corrected chi connectivity index (χ2v) is 8.13. The highest BCUT2D eigenvalue weighted by Gasteiger charge is 2.30. The van der Waals surface area contributed by atoms with Gasteiger partial charge < -0.3 is 20.4 Å². The summed E-state index contributed by atoms with van der Waals surface area (Å²) in [5, 5.41) is 22.4. The molecule has 0 spiro atoms. The molecule has 0 saturated carbocycles. The number of hydrogen-bond acceptors (Lipinski definition) is 4. The number of nitrogens with zero attached hydrogens (tertiary/aromatic N) is 2. The summed E-state index contributed by atoms with van der Waals surface area (Å²) in [6.45, 7) is 10.5. The Labute approximate surface area is 156 Å². The summed E-state index contributed by atoms with van der Waals surface area (Å²) in [6, 6.07) is 7.49. The zero-order valence-electron chi connectivity index (χ0n) is 16.4. The number of amides is 2. The molecule has 1 saturated heterocycles. The number of phenolic OH excluding ortho intramolecular Hbond substituents is 1. The fraction of sp³-hybridized carbons (Fsp3) is 0.650. The summed E-state index contributed by atoms with van der Waals surface area (Å²) in [4.78, 5) is 16.6. The van der Waals surface area contributed by atoms with E-state index in [4.69, 9.17) is 0 Å². The fourth-order valence-corrected chi connectivity index (χ4v) is 3.33. The maximum absolute atomic E-state index is 12.5. The number of hydrogen-bond donors (Lipinski definition) is 3. The van der Waals surface area contributed by atoms with E-state index in [1.165, 1.54) is 0 Å². The molecule has 2 atom stereocenters. The molecule has 1 aliphatic heterocycles. The van der Waals surface area contributed by atoms with Crippen LogP contribution in [0.5, 0.6) is 5.75 Å². The largest absolute Gasteiger partial charge is 0.508 e. The van der Waals surface area contributed by atoms with E-state index in [9.17, 15) is 15.0 Å². The number of carbonyl (C=O) groups is 1. The van der Waals surface area contributed by atoms with Crippen LogP contribution < -0.4 is 5.32 Å². The fourth-order valence-electron chi connectivity index (χ4n) is 3.33. The van der Waals surface area contributed by atoms with Crippen molar-refractivity contribution in [3.63, 3.8) is 0 Å².